The third-order valence-corrected chi connectivity index (χ3v) is 6.90. The van der Waals surface area contributed by atoms with Crippen molar-refractivity contribution >= 4 is 17.5 Å². The number of anilines is 1. The fraction of sp³-hybridized carbons (Fsp3) is 0.333. The number of hydrogen-bond donors (Lipinski definition) is 1. The molecule has 12 heteroatoms. The average molecular weight is 528 g/mol. The predicted octanol–water partition coefficient (Wildman–Crippen LogP) is 1.40. The maximum Gasteiger partial charge on any atom is 0.291 e. The molecule has 2 aromatic carbocycles. The molecule has 0 bridgehead atoms. The summed E-state index contributed by atoms with van der Waals surface area (Å²) >= 11 is 0. The minimum absolute atomic E-state index is 0.00186. The van der Waals surface area contributed by atoms with E-state index in [-0.39, 0.29) is 18.3 Å². The zero-order valence-corrected chi connectivity index (χ0v) is 21.8. The molecule has 1 N–H and O–H groups in total. The first-order valence-corrected chi connectivity index (χ1v) is 12.8. The van der Waals surface area contributed by atoms with Crippen molar-refractivity contribution in [2.24, 2.45) is 0 Å². The van der Waals surface area contributed by atoms with Gasteiger partial charge < -0.3 is 15.0 Å². The van der Waals surface area contributed by atoms with Gasteiger partial charge in [-0.05, 0) is 30.2 Å². The number of rotatable bonds is 6. The maximum absolute atomic E-state index is 13.3. The molecule has 12 nitrogen and oxygen atoms in total. The van der Waals surface area contributed by atoms with Crippen LogP contribution in [0.5, 0.6) is 5.75 Å². The van der Waals surface area contributed by atoms with Crippen molar-refractivity contribution in [1.82, 2.24) is 39.7 Å². The van der Waals surface area contributed by atoms with Crippen LogP contribution in [-0.4, -0.2) is 72.5 Å². The van der Waals surface area contributed by atoms with Crippen LogP contribution in [0, 0.1) is 6.92 Å². The van der Waals surface area contributed by atoms with Crippen LogP contribution in [0.25, 0.3) is 0 Å². The lowest BCUT2D eigenvalue weighted by molar-refractivity contribution is -0.120. The number of carbonyl (C=O) groups is 2. The Labute approximate surface area is 225 Å². The van der Waals surface area contributed by atoms with E-state index in [1.807, 2.05) is 60.1 Å². The number of aromatic nitrogens is 6. The third-order valence-electron chi connectivity index (χ3n) is 6.90. The van der Waals surface area contributed by atoms with Gasteiger partial charge >= 0.3 is 0 Å². The van der Waals surface area contributed by atoms with E-state index < -0.39 is 11.9 Å². The van der Waals surface area contributed by atoms with Gasteiger partial charge in [-0.2, -0.15) is 5.10 Å². The molecule has 0 saturated heterocycles. The first kappa shape index (κ1) is 24.7. The van der Waals surface area contributed by atoms with Gasteiger partial charge in [-0.3, -0.25) is 14.5 Å². The Kier molecular flexibility index (Phi) is 6.53. The van der Waals surface area contributed by atoms with Gasteiger partial charge in [0.1, 0.15) is 36.4 Å². The van der Waals surface area contributed by atoms with Crippen molar-refractivity contribution in [2.75, 3.05) is 25.1 Å². The normalized spacial score (nSPS) is 17.2. The molecular formula is C27H29N9O3. The van der Waals surface area contributed by atoms with E-state index in [1.165, 1.54) is 11.2 Å². The van der Waals surface area contributed by atoms with Gasteiger partial charge in [0.2, 0.25) is 5.82 Å². The first-order chi connectivity index (χ1) is 18.9. The molecule has 1 atom stereocenters. The van der Waals surface area contributed by atoms with Gasteiger partial charge in [0.25, 0.3) is 11.8 Å². The number of aryl methyl sites for hydroxylation is 1. The molecule has 0 saturated carbocycles. The number of ether oxygens (including phenoxy) is 1. The molecule has 200 valence electrons. The molecule has 4 heterocycles. The van der Waals surface area contributed by atoms with E-state index in [1.54, 1.807) is 11.7 Å². The van der Waals surface area contributed by atoms with Gasteiger partial charge in [-0.1, -0.05) is 36.4 Å². The molecule has 2 amide bonds. The van der Waals surface area contributed by atoms with Crippen LogP contribution in [0.15, 0.2) is 54.9 Å². The maximum atomic E-state index is 13.3. The smallest absolute Gasteiger partial charge is 0.291 e. The van der Waals surface area contributed by atoms with Crippen molar-refractivity contribution in [1.29, 1.82) is 0 Å². The minimum Gasteiger partial charge on any atom is -0.489 e. The van der Waals surface area contributed by atoms with Gasteiger partial charge in [-0.15, -0.1) is 5.10 Å². The van der Waals surface area contributed by atoms with E-state index in [9.17, 15) is 9.59 Å². The number of benzene rings is 2. The summed E-state index contributed by atoms with van der Waals surface area (Å²) in [6.07, 6.45) is 1.50. The molecule has 6 rings (SSSR count). The van der Waals surface area contributed by atoms with Crippen molar-refractivity contribution < 1.29 is 14.3 Å². The summed E-state index contributed by atoms with van der Waals surface area (Å²) in [5.74, 6) is 1.53. The van der Waals surface area contributed by atoms with Crippen LogP contribution in [0.3, 0.4) is 0 Å². The number of carbonyl (C=O) groups excluding carboxylic acids is 2. The lowest BCUT2D eigenvalue weighted by Gasteiger charge is -2.27. The molecule has 0 aliphatic carbocycles. The molecule has 1 unspecified atom stereocenters. The van der Waals surface area contributed by atoms with E-state index in [2.05, 4.69) is 30.4 Å². The van der Waals surface area contributed by atoms with Gasteiger partial charge in [0, 0.05) is 20.1 Å². The summed E-state index contributed by atoms with van der Waals surface area (Å²) in [6.45, 7) is 5.48. The van der Waals surface area contributed by atoms with Crippen LogP contribution in [0.2, 0.25) is 0 Å². The number of fused-ring (bicyclic) bond motifs is 2. The Hall–Kier alpha value is -4.58. The Morgan fingerprint density at radius 1 is 1.08 bits per heavy atom. The van der Waals surface area contributed by atoms with E-state index in [4.69, 9.17) is 4.74 Å². The van der Waals surface area contributed by atoms with E-state index in [0.29, 0.717) is 31.1 Å². The highest BCUT2D eigenvalue weighted by molar-refractivity contribution is 6.02. The molecule has 0 radical (unpaired) electrons. The highest BCUT2D eigenvalue weighted by Gasteiger charge is 2.32. The minimum atomic E-state index is -0.879. The number of likely N-dealkylation sites (N-methyl/N-ethyl adjacent to an activating group) is 1. The molecule has 0 fully saturated rings. The van der Waals surface area contributed by atoms with Crippen LogP contribution < -0.4 is 15.0 Å². The Morgan fingerprint density at radius 3 is 2.77 bits per heavy atom. The second-order valence-corrected chi connectivity index (χ2v) is 9.80. The summed E-state index contributed by atoms with van der Waals surface area (Å²) in [5.41, 5.74) is 2.76. The molecule has 0 spiro atoms. The van der Waals surface area contributed by atoms with Crippen LogP contribution in [0.1, 0.15) is 33.4 Å². The largest absolute Gasteiger partial charge is 0.489 e. The lowest BCUT2D eigenvalue weighted by atomic mass is 10.1. The van der Waals surface area contributed by atoms with Crippen LogP contribution >= 0.6 is 0 Å². The van der Waals surface area contributed by atoms with Crippen LogP contribution in [0.4, 0.5) is 5.69 Å². The van der Waals surface area contributed by atoms with Crippen molar-refractivity contribution in [2.45, 2.75) is 39.1 Å². The quantitative estimate of drug-likeness (QED) is 0.399. The highest BCUT2D eigenvalue weighted by atomic mass is 16.5. The molecule has 4 aromatic rings. The van der Waals surface area contributed by atoms with E-state index >= 15 is 0 Å². The summed E-state index contributed by atoms with van der Waals surface area (Å²) < 4.78 is 9.51. The SMILES string of the molecule is Cc1nc2n(n1)CCN(Cc1ccc3c(c1)N(C)C(=O)C(NC(=O)c1ncn(Cc4ccccc4)n1)CO3)C2. The molecule has 39 heavy (non-hydrogen) atoms. The summed E-state index contributed by atoms with van der Waals surface area (Å²) in [4.78, 5) is 38.7. The second-order valence-electron chi connectivity index (χ2n) is 9.80. The van der Waals surface area contributed by atoms with Crippen molar-refractivity contribution in [3.05, 3.63) is 83.5 Å². The predicted molar refractivity (Wildman–Crippen MR) is 141 cm³/mol. The zero-order chi connectivity index (χ0) is 26.9. The van der Waals surface area contributed by atoms with Gasteiger partial charge in [-0.25, -0.2) is 19.3 Å². The molecule has 2 aromatic heterocycles. The Bertz CT molecular complexity index is 1510. The number of amides is 2. The monoisotopic (exact) mass is 527 g/mol. The zero-order valence-electron chi connectivity index (χ0n) is 21.8. The molecular weight excluding hydrogens is 498 g/mol. The molecule has 2 aliphatic rings. The summed E-state index contributed by atoms with van der Waals surface area (Å²) in [5, 5.41) is 11.4. The van der Waals surface area contributed by atoms with Gasteiger partial charge in [0.15, 0.2) is 0 Å². The van der Waals surface area contributed by atoms with E-state index in [0.717, 1.165) is 35.9 Å². The standard InChI is InChI=1S/C27H29N9O3/c1-18-29-24-15-34(10-11-36(24)31-18)13-20-8-9-23-22(12-20)33(2)27(38)21(16-39-23)30-26(37)25-28-17-35(32-25)14-19-6-4-3-5-7-19/h3-9,12,17,21H,10-11,13-16H2,1-2H3,(H,30,37). The summed E-state index contributed by atoms with van der Waals surface area (Å²) in [7, 11) is 1.69. The number of nitrogens with one attached hydrogen (secondary N) is 1. The number of nitrogens with zero attached hydrogens (tertiary/aromatic N) is 8. The summed E-state index contributed by atoms with van der Waals surface area (Å²) in [6, 6.07) is 14.7. The van der Waals surface area contributed by atoms with Crippen molar-refractivity contribution in [3.63, 3.8) is 0 Å². The van der Waals surface area contributed by atoms with Crippen molar-refractivity contribution in [3.8, 4) is 5.75 Å². The Balaban J connectivity index is 1.11. The van der Waals surface area contributed by atoms with Gasteiger partial charge in [0.05, 0.1) is 25.3 Å². The third kappa shape index (κ3) is 5.23. The fourth-order valence-electron chi connectivity index (χ4n) is 4.92. The molecule has 2 aliphatic heterocycles. The lowest BCUT2D eigenvalue weighted by Crippen LogP contribution is -2.49. The second kappa shape index (κ2) is 10.3. The average Bonchev–Trinajstić information content (AvgIpc) is 3.54. The topological polar surface area (TPSA) is 123 Å². The Morgan fingerprint density at radius 2 is 1.92 bits per heavy atom. The highest BCUT2D eigenvalue weighted by Crippen LogP contribution is 2.32. The first-order valence-electron chi connectivity index (χ1n) is 12.8. The fourth-order valence-corrected chi connectivity index (χ4v) is 4.92. The van der Waals surface area contributed by atoms with Crippen LogP contribution in [-0.2, 0) is 31.0 Å². The number of hydrogen-bond acceptors (Lipinski definition) is 8.